The number of carbonyl (C=O) groups is 1. The van der Waals surface area contributed by atoms with Gasteiger partial charge < -0.3 is 14.8 Å². The maximum absolute atomic E-state index is 15.1. The van der Waals surface area contributed by atoms with Crippen molar-refractivity contribution < 1.29 is 13.9 Å². The second-order valence-corrected chi connectivity index (χ2v) is 6.84. The van der Waals surface area contributed by atoms with E-state index < -0.39 is 11.4 Å². The van der Waals surface area contributed by atoms with E-state index in [1.54, 1.807) is 30.5 Å². The monoisotopic (exact) mass is 364 g/mol. The molecule has 0 bridgehead atoms. The van der Waals surface area contributed by atoms with Gasteiger partial charge in [-0.3, -0.25) is 4.98 Å². The summed E-state index contributed by atoms with van der Waals surface area (Å²) >= 11 is 6.13. The second kappa shape index (κ2) is 8.41. The molecule has 0 aliphatic rings. The number of halogens is 2. The fourth-order valence-corrected chi connectivity index (χ4v) is 2.76. The molecular weight excluding hydrogens is 343 g/mol. The highest BCUT2D eigenvalue weighted by atomic mass is 35.5. The Kier molecular flexibility index (Phi) is 6.51. The first-order valence-electron chi connectivity index (χ1n) is 8.15. The van der Waals surface area contributed by atoms with Crippen LogP contribution in [0.25, 0.3) is 0 Å². The van der Waals surface area contributed by atoms with Gasteiger partial charge in [-0.15, -0.1) is 0 Å². The van der Waals surface area contributed by atoms with Crippen LogP contribution in [-0.4, -0.2) is 16.8 Å². The summed E-state index contributed by atoms with van der Waals surface area (Å²) in [5.74, 6) is -0.138. The van der Waals surface area contributed by atoms with Crippen molar-refractivity contribution in [3.63, 3.8) is 0 Å². The van der Waals surface area contributed by atoms with Gasteiger partial charge in [0.1, 0.15) is 12.0 Å². The average molecular weight is 365 g/mol. The van der Waals surface area contributed by atoms with E-state index in [2.05, 4.69) is 10.3 Å². The Balaban J connectivity index is 2.34. The maximum atomic E-state index is 15.1. The molecule has 1 heterocycles. The third-order valence-corrected chi connectivity index (χ3v) is 4.17. The van der Waals surface area contributed by atoms with Crippen molar-refractivity contribution in [2.45, 2.75) is 45.2 Å². The van der Waals surface area contributed by atoms with Gasteiger partial charge in [-0.2, -0.15) is 0 Å². The van der Waals surface area contributed by atoms with Gasteiger partial charge in [-0.1, -0.05) is 24.6 Å². The molecule has 0 unspecified atom stereocenters. The summed E-state index contributed by atoms with van der Waals surface area (Å²) in [6.07, 6.45) is 4.93. The molecule has 25 heavy (non-hydrogen) atoms. The Morgan fingerprint density at radius 3 is 2.76 bits per heavy atom. The summed E-state index contributed by atoms with van der Waals surface area (Å²) in [5, 5.41) is 3.52. The van der Waals surface area contributed by atoms with Crippen molar-refractivity contribution in [2.75, 3.05) is 0 Å². The number of rotatable bonds is 8. The predicted molar refractivity (Wildman–Crippen MR) is 96.6 cm³/mol. The molecule has 2 rings (SSSR count). The van der Waals surface area contributed by atoms with Crippen LogP contribution in [0.3, 0.4) is 0 Å². The van der Waals surface area contributed by atoms with Crippen molar-refractivity contribution >= 4 is 17.9 Å². The number of nitrogens with one attached hydrogen (secondary N) is 1. The van der Waals surface area contributed by atoms with E-state index in [0.29, 0.717) is 24.2 Å². The van der Waals surface area contributed by atoms with Gasteiger partial charge in [0.25, 0.3) is 0 Å². The summed E-state index contributed by atoms with van der Waals surface area (Å²) in [6.45, 7) is 5.76. The molecule has 1 aromatic carbocycles. The van der Waals surface area contributed by atoms with Crippen LogP contribution in [0.5, 0.6) is 11.5 Å². The number of carbonyl (C=O) groups excluding carboxylic acids is 1. The quantitative estimate of drug-likeness (QED) is 0.664. The fourth-order valence-electron chi connectivity index (χ4n) is 2.57. The van der Waals surface area contributed by atoms with E-state index in [1.807, 2.05) is 20.8 Å². The first-order chi connectivity index (χ1) is 11.9. The number of nitrogens with zero attached hydrogens (tertiary/aromatic N) is 1. The van der Waals surface area contributed by atoms with Crippen LogP contribution in [0.15, 0.2) is 36.7 Å². The van der Waals surface area contributed by atoms with Crippen molar-refractivity contribution in [1.82, 2.24) is 10.3 Å². The minimum absolute atomic E-state index is 0.0272. The Hall–Kier alpha value is -1.98. The lowest BCUT2D eigenvalue weighted by molar-refractivity contribution is -0.108. The molecule has 0 saturated heterocycles. The van der Waals surface area contributed by atoms with E-state index >= 15 is 4.39 Å². The molecule has 1 N–H and O–H groups in total. The van der Waals surface area contributed by atoms with Gasteiger partial charge in [0.15, 0.2) is 11.6 Å². The van der Waals surface area contributed by atoms with Crippen LogP contribution >= 0.6 is 11.6 Å². The van der Waals surface area contributed by atoms with Crippen molar-refractivity contribution in [2.24, 2.45) is 0 Å². The summed E-state index contributed by atoms with van der Waals surface area (Å²) in [6, 6.07) is 6.36. The van der Waals surface area contributed by atoms with Crippen molar-refractivity contribution in [1.29, 1.82) is 0 Å². The molecule has 0 amide bonds. The lowest BCUT2D eigenvalue weighted by atomic mass is 9.95. The van der Waals surface area contributed by atoms with Crippen LogP contribution < -0.4 is 10.1 Å². The first-order valence-corrected chi connectivity index (χ1v) is 8.53. The highest BCUT2D eigenvalue weighted by molar-refractivity contribution is 6.32. The van der Waals surface area contributed by atoms with Crippen LogP contribution in [0.4, 0.5) is 4.39 Å². The summed E-state index contributed by atoms with van der Waals surface area (Å²) in [4.78, 5) is 14.8. The Bertz CT molecular complexity index is 723. The third kappa shape index (κ3) is 5.00. The van der Waals surface area contributed by atoms with Gasteiger partial charge in [0, 0.05) is 29.8 Å². The third-order valence-electron chi connectivity index (χ3n) is 3.88. The van der Waals surface area contributed by atoms with E-state index in [1.165, 1.54) is 6.20 Å². The van der Waals surface area contributed by atoms with Crippen LogP contribution in [0.1, 0.15) is 45.2 Å². The largest absolute Gasteiger partial charge is 0.451 e. The second-order valence-electron chi connectivity index (χ2n) is 6.43. The molecule has 0 fully saturated rings. The average Bonchev–Trinajstić information content (AvgIpc) is 2.58. The lowest BCUT2D eigenvalue weighted by Crippen LogP contribution is -2.42. The number of aromatic nitrogens is 1. The molecule has 0 aliphatic heterocycles. The van der Waals surface area contributed by atoms with Gasteiger partial charge >= 0.3 is 0 Å². The predicted octanol–water partition coefficient (Wildman–Crippen LogP) is 5.07. The fraction of sp³-hybridized carbons (Fsp3) is 0.368. The molecule has 0 radical (unpaired) electrons. The SMILES string of the molecule is CC[C@@H](NC(C)(C)CC=O)c1ccc(Cl)c(Oc2cccnc2)c1F. The standard InChI is InChI=1S/C19H22ClFN2O2/c1-4-16(23-19(2,3)9-11-24)14-7-8-15(20)18(17(14)21)25-13-6-5-10-22-12-13/h5-8,10-12,16,23H,4,9H2,1-3H3/t16-/m1/s1. The maximum Gasteiger partial charge on any atom is 0.182 e. The van der Waals surface area contributed by atoms with E-state index in [0.717, 1.165) is 6.29 Å². The van der Waals surface area contributed by atoms with Crippen LogP contribution in [0.2, 0.25) is 5.02 Å². The number of hydrogen-bond acceptors (Lipinski definition) is 4. The summed E-state index contributed by atoms with van der Waals surface area (Å²) in [5.41, 5.74) is 0.00329. The molecule has 0 saturated carbocycles. The lowest BCUT2D eigenvalue weighted by Gasteiger charge is -2.30. The van der Waals surface area contributed by atoms with E-state index in [4.69, 9.17) is 16.3 Å². The van der Waals surface area contributed by atoms with E-state index in [-0.39, 0.29) is 16.8 Å². The molecule has 1 atom stereocenters. The highest BCUT2D eigenvalue weighted by Gasteiger charge is 2.26. The Labute approximate surface area is 152 Å². The molecular formula is C19H22ClFN2O2. The van der Waals surface area contributed by atoms with Gasteiger partial charge in [-0.25, -0.2) is 4.39 Å². The minimum Gasteiger partial charge on any atom is -0.451 e. The molecule has 2 aromatic rings. The molecule has 134 valence electrons. The minimum atomic E-state index is -0.516. The first kappa shape index (κ1) is 19.3. The summed E-state index contributed by atoms with van der Waals surface area (Å²) < 4.78 is 20.7. The number of benzene rings is 1. The molecule has 0 spiro atoms. The van der Waals surface area contributed by atoms with Gasteiger partial charge in [0.2, 0.25) is 0 Å². The van der Waals surface area contributed by atoms with E-state index in [9.17, 15) is 4.79 Å². The topological polar surface area (TPSA) is 51.2 Å². The Morgan fingerprint density at radius 1 is 1.40 bits per heavy atom. The van der Waals surface area contributed by atoms with Crippen molar-refractivity contribution in [3.8, 4) is 11.5 Å². The van der Waals surface area contributed by atoms with Crippen LogP contribution in [0, 0.1) is 5.82 Å². The van der Waals surface area contributed by atoms with Gasteiger partial charge in [-0.05, 0) is 38.5 Å². The highest BCUT2D eigenvalue weighted by Crippen LogP contribution is 2.36. The molecule has 6 heteroatoms. The normalized spacial score (nSPS) is 12.7. The van der Waals surface area contributed by atoms with Crippen LogP contribution in [-0.2, 0) is 4.79 Å². The molecule has 1 aromatic heterocycles. The number of hydrogen-bond donors (Lipinski definition) is 1. The Morgan fingerprint density at radius 2 is 2.16 bits per heavy atom. The zero-order chi connectivity index (χ0) is 18.4. The van der Waals surface area contributed by atoms with Gasteiger partial charge in [0.05, 0.1) is 11.2 Å². The zero-order valence-electron chi connectivity index (χ0n) is 14.6. The number of aldehydes is 1. The number of ether oxygens (including phenoxy) is 1. The van der Waals surface area contributed by atoms with Crippen molar-refractivity contribution in [3.05, 3.63) is 53.1 Å². The smallest absolute Gasteiger partial charge is 0.182 e. The molecule has 0 aliphatic carbocycles. The summed E-state index contributed by atoms with van der Waals surface area (Å²) in [7, 11) is 0. The zero-order valence-corrected chi connectivity index (χ0v) is 15.3. The molecule has 4 nitrogen and oxygen atoms in total. The number of pyridine rings is 1.